The van der Waals surface area contributed by atoms with Crippen molar-refractivity contribution in [3.8, 4) is 5.69 Å². The van der Waals surface area contributed by atoms with Crippen LogP contribution in [0.1, 0.15) is 29.4 Å². The first kappa shape index (κ1) is 15.2. The Kier molecular flexibility index (Phi) is 4.70. The highest BCUT2D eigenvalue weighted by molar-refractivity contribution is 5.95. The SMILES string of the molecule is Cc1c(C(=O)NCCC(C)N)cnn1-c1ccc(F)cc1. The maximum absolute atomic E-state index is 12.9. The van der Waals surface area contributed by atoms with Crippen LogP contribution in [0.15, 0.2) is 30.5 Å². The largest absolute Gasteiger partial charge is 0.352 e. The number of hydrogen-bond acceptors (Lipinski definition) is 3. The minimum atomic E-state index is -0.308. The topological polar surface area (TPSA) is 72.9 Å². The lowest BCUT2D eigenvalue weighted by Crippen LogP contribution is -2.29. The Bertz CT molecular complexity index is 619. The Morgan fingerprint density at radius 3 is 2.71 bits per heavy atom. The number of benzene rings is 1. The van der Waals surface area contributed by atoms with Crippen molar-refractivity contribution in [1.29, 1.82) is 0 Å². The maximum Gasteiger partial charge on any atom is 0.254 e. The van der Waals surface area contributed by atoms with Gasteiger partial charge in [0.05, 0.1) is 23.1 Å². The van der Waals surface area contributed by atoms with Crippen molar-refractivity contribution in [2.45, 2.75) is 26.3 Å². The van der Waals surface area contributed by atoms with Gasteiger partial charge in [0, 0.05) is 12.6 Å². The van der Waals surface area contributed by atoms with Gasteiger partial charge in [0.25, 0.3) is 5.91 Å². The molecule has 1 unspecified atom stereocenters. The molecule has 3 N–H and O–H groups in total. The monoisotopic (exact) mass is 290 g/mol. The van der Waals surface area contributed by atoms with Crippen LogP contribution >= 0.6 is 0 Å². The van der Waals surface area contributed by atoms with Crippen molar-refractivity contribution in [2.24, 2.45) is 5.73 Å². The van der Waals surface area contributed by atoms with Crippen LogP contribution in [-0.4, -0.2) is 28.3 Å². The zero-order valence-electron chi connectivity index (χ0n) is 12.1. The molecule has 2 rings (SSSR count). The van der Waals surface area contributed by atoms with Gasteiger partial charge in [-0.1, -0.05) is 0 Å². The molecule has 0 radical (unpaired) electrons. The fourth-order valence-electron chi connectivity index (χ4n) is 1.98. The van der Waals surface area contributed by atoms with Crippen LogP contribution in [0.25, 0.3) is 5.69 Å². The highest BCUT2D eigenvalue weighted by atomic mass is 19.1. The fourth-order valence-corrected chi connectivity index (χ4v) is 1.98. The molecule has 0 fully saturated rings. The molecule has 0 aliphatic carbocycles. The number of nitrogens with two attached hydrogens (primary N) is 1. The van der Waals surface area contributed by atoms with Gasteiger partial charge in [-0.05, 0) is 44.5 Å². The minimum Gasteiger partial charge on any atom is -0.352 e. The number of hydrogen-bond donors (Lipinski definition) is 2. The van der Waals surface area contributed by atoms with Gasteiger partial charge in [0.2, 0.25) is 0 Å². The Labute approximate surface area is 123 Å². The predicted octanol–water partition coefficient (Wildman–Crippen LogP) is 1.79. The average Bonchev–Trinajstić information content (AvgIpc) is 2.81. The van der Waals surface area contributed by atoms with E-state index in [0.717, 1.165) is 6.42 Å². The summed E-state index contributed by atoms with van der Waals surface area (Å²) >= 11 is 0. The van der Waals surface area contributed by atoms with E-state index >= 15 is 0 Å². The quantitative estimate of drug-likeness (QED) is 0.881. The van der Waals surface area contributed by atoms with Crippen molar-refractivity contribution in [2.75, 3.05) is 6.54 Å². The number of nitrogens with zero attached hydrogens (tertiary/aromatic N) is 2. The summed E-state index contributed by atoms with van der Waals surface area (Å²) in [7, 11) is 0. The van der Waals surface area contributed by atoms with Crippen LogP contribution in [0, 0.1) is 12.7 Å². The second kappa shape index (κ2) is 6.49. The van der Waals surface area contributed by atoms with Crippen LogP contribution < -0.4 is 11.1 Å². The third-order valence-corrected chi connectivity index (χ3v) is 3.21. The van der Waals surface area contributed by atoms with E-state index in [0.29, 0.717) is 23.5 Å². The molecule has 6 heteroatoms. The molecule has 2 aromatic rings. The van der Waals surface area contributed by atoms with Gasteiger partial charge in [-0.25, -0.2) is 9.07 Å². The van der Waals surface area contributed by atoms with E-state index in [9.17, 15) is 9.18 Å². The Hall–Kier alpha value is -2.21. The molecule has 0 aliphatic rings. The standard InChI is InChI=1S/C15H19FN4O/c1-10(17)7-8-18-15(21)14-9-19-20(11(14)2)13-5-3-12(16)4-6-13/h3-6,9-10H,7-8,17H2,1-2H3,(H,18,21). The maximum atomic E-state index is 12.9. The molecular weight excluding hydrogens is 271 g/mol. The lowest BCUT2D eigenvalue weighted by Gasteiger charge is -2.08. The summed E-state index contributed by atoms with van der Waals surface area (Å²) in [6.07, 6.45) is 2.23. The van der Waals surface area contributed by atoms with E-state index in [1.165, 1.54) is 18.3 Å². The van der Waals surface area contributed by atoms with E-state index < -0.39 is 0 Å². The number of aromatic nitrogens is 2. The number of rotatable bonds is 5. The first-order valence-corrected chi connectivity index (χ1v) is 6.83. The van der Waals surface area contributed by atoms with Crippen molar-refractivity contribution in [3.63, 3.8) is 0 Å². The zero-order chi connectivity index (χ0) is 15.4. The van der Waals surface area contributed by atoms with E-state index in [2.05, 4.69) is 10.4 Å². The molecule has 112 valence electrons. The van der Waals surface area contributed by atoms with Gasteiger partial charge in [0.1, 0.15) is 5.82 Å². The predicted molar refractivity (Wildman–Crippen MR) is 78.9 cm³/mol. The minimum absolute atomic E-state index is 0.0494. The molecule has 1 heterocycles. The molecule has 1 aromatic carbocycles. The molecule has 0 aliphatic heterocycles. The van der Waals surface area contributed by atoms with Gasteiger partial charge in [-0.2, -0.15) is 5.10 Å². The first-order valence-electron chi connectivity index (χ1n) is 6.83. The normalized spacial score (nSPS) is 12.2. The molecule has 5 nitrogen and oxygen atoms in total. The average molecular weight is 290 g/mol. The molecule has 0 saturated carbocycles. The van der Waals surface area contributed by atoms with Crippen molar-refractivity contribution in [1.82, 2.24) is 15.1 Å². The van der Waals surface area contributed by atoms with Gasteiger partial charge in [0.15, 0.2) is 0 Å². The Morgan fingerprint density at radius 2 is 2.10 bits per heavy atom. The molecule has 21 heavy (non-hydrogen) atoms. The van der Waals surface area contributed by atoms with Crippen molar-refractivity contribution in [3.05, 3.63) is 47.5 Å². The smallest absolute Gasteiger partial charge is 0.254 e. The van der Waals surface area contributed by atoms with Gasteiger partial charge < -0.3 is 11.1 Å². The number of amides is 1. The van der Waals surface area contributed by atoms with Gasteiger partial charge >= 0.3 is 0 Å². The van der Waals surface area contributed by atoms with Gasteiger partial charge in [-0.3, -0.25) is 4.79 Å². The molecule has 0 bridgehead atoms. The van der Waals surface area contributed by atoms with E-state index in [4.69, 9.17) is 5.73 Å². The third kappa shape index (κ3) is 3.66. The fraction of sp³-hybridized carbons (Fsp3) is 0.333. The summed E-state index contributed by atoms with van der Waals surface area (Å²) in [6.45, 7) is 4.22. The second-order valence-corrected chi connectivity index (χ2v) is 5.05. The Morgan fingerprint density at radius 1 is 1.43 bits per heavy atom. The summed E-state index contributed by atoms with van der Waals surface area (Å²) in [4.78, 5) is 12.1. The summed E-state index contributed by atoms with van der Waals surface area (Å²) in [5.41, 5.74) is 7.56. The van der Waals surface area contributed by atoms with Gasteiger partial charge in [-0.15, -0.1) is 0 Å². The molecule has 0 spiro atoms. The Balaban J connectivity index is 2.13. The third-order valence-electron chi connectivity index (χ3n) is 3.21. The molecular formula is C15H19FN4O. The van der Waals surface area contributed by atoms with Crippen LogP contribution in [0.2, 0.25) is 0 Å². The van der Waals surface area contributed by atoms with Crippen LogP contribution in [0.4, 0.5) is 4.39 Å². The van der Waals surface area contributed by atoms with Crippen LogP contribution in [0.3, 0.4) is 0 Å². The van der Waals surface area contributed by atoms with Crippen LogP contribution in [-0.2, 0) is 0 Å². The molecule has 1 amide bonds. The number of carbonyl (C=O) groups is 1. The summed E-state index contributed by atoms with van der Waals surface area (Å²) in [6, 6.07) is 6.01. The lowest BCUT2D eigenvalue weighted by molar-refractivity contribution is 0.0952. The number of carbonyl (C=O) groups excluding carboxylic acids is 1. The summed E-state index contributed by atoms with van der Waals surface area (Å²) < 4.78 is 14.5. The second-order valence-electron chi connectivity index (χ2n) is 5.05. The van der Waals surface area contributed by atoms with Crippen LogP contribution in [0.5, 0.6) is 0 Å². The lowest BCUT2D eigenvalue weighted by atomic mass is 10.2. The van der Waals surface area contributed by atoms with E-state index in [1.54, 1.807) is 23.7 Å². The highest BCUT2D eigenvalue weighted by Crippen LogP contribution is 2.14. The van der Waals surface area contributed by atoms with E-state index in [-0.39, 0.29) is 17.8 Å². The molecule has 0 saturated heterocycles. The highest BCUT2D eigenvalue weighted by Gasteiger charge is 2.14. The summed E-state index contributed by atoms with van der Waals surface area (Å²) in [5.74, 6) is -0.487. The number of nitrogens with one attached hydrogen (secondary N) is 1. The molecule has 1 atom stereocenters. The molecule has 1 aromatic heterocycles. The summed E-state index contributed by atoms with van der Waals surface area (Å²) in [5, 5.41) is 7.00. The first-order chi connectivity index (χ1) is 9.99. The van der Waals surface area contributed by atoms with Crippen molar-refractivity contribution < 1.29 is 9.18 Å². The zero-order valence-corrected chi connectivity index (χ0v) is 12.1. The van der Waals surface area contributed by atoms with Crippen molar-refractivity contribution >= 4 is 5.91 Å². The number of halogens is 1. The van der Waals surface area contributed by atoms with E-state index in [1.807, 2.05) is 6.92 Å².